The van der Waals surface area contributed by atoms with Crippen LogP contribution in [0.3, 0.4) is 0 Å². The Balaban J connectivity index is 0. The average Bonchev–Trinajstić information content (AvgIpc) is 3.06. The van der Waals surface area contributed by atoms with Gasteiger partial charge in [0.05, 0.1) is 24.3 Å². The Bertz CT molecular complexity index is 821. The molecule has 0 aromatic carbocycles. The molecule has 47 heavy (non-hydrogen) atoms. The lowest BCUT2D eigenvalue weighted by Crippen LogP contribution is -2.59. The van der Waals surface area contributed by atoms with Crippen LogP contribution in [0.25, 0.3) is 0 Å². The summed E-state index contributed by atoms with van der Waals surface area (Å²) in [5.41, 5.74) is -0.377. The topological polar surface area (TPSA) is 120 Å². The van der Waals surface area contributed by atoms with Crippen molar-refractivity contribution in [3.8, 4) is 0 Å². The number of nitrogens with zero attached hydrogens (tertiary/aromatic N) is 3. The zero-order chi connectivity index (χ0) is 36.7. The molecule has 0 unspecified atom stereocenters. The van der Waals surface area contributed by atoms with E-state index in [0.29, 0.717) is 51.2 Å². The highest BCUT2D eigenvalue weighted by molar-refractivity contribution is 5.98. The Kier molecular flexibility index (Phi) is 26.2. The second kappa shape index (κ2) is 26.1. The number of hydrogen-bond acceptors (Lipinski definition) is 9. The van der Waals surface area contributed by atoms with E-state index in [-0.39, 0.29) is 42.3 Å². The minimum Gasteiger partial charge on any atom is -0.463 e. The number of cyclic esters (lactones) is 1. The number of aliphatic hydroxyl groups is 2. The zero-order valence-corrected chi connectivity index (χ0v) is 32.1. The fraction of sp³-hybridized carbons (Fsp3) is 0.865. The molecule has 0 bridgehead atoms. The highest BCUT2D eigenvalue weighted by Crippen LogP contribution is 2.31. The summed E-state index contributed by atoms with van der Waals surface area (Å²) < 4.78 is 10.8. The molecule has 1 amide bonds. The van der Waals surface area contributed by atoms with E-state index in [4.69, 9.17) is 14.6 Å². The van der Waals surface area contributed by atoms with E-state index >= 15 is 0 Å². The fourth-order valence-electron chi connectivity index (χ4n) is 6.24. The molecule has 3 heterocycles. The second-order valence-corrected chi connectivity index (χ2v) is 12.8. The minimum atomic E-state index is -0.821. The lowest BCUT2D eigenvalue weighted by atomic mass is 9.85. The Morgan fingerprint density at radius 2 is 1.49 bits per heavy atom. The predicted octanol–water partition coefficient (Wildman–Crippen LogP) is 5.54. The number of piperidine rings is 1. The molecule has 2 N–H and O–H groups in total. The zero-order valence-electron chi connectivity index (χ0n) is 32.1. The van der Waals surface area contributed by atoms with Crippen LogP contribution in [0.4, 0.5) is 0 Å². The molecule has 3 rings (SSSR count). The van der Waals surface area contributed by atoms with Gasteiger partial charge in [-0.05, 0) is 77.9 Å². The minimum absolute atomic E-state index is 0.142. The van der Waals surface area contributed by atoms with Gasteiger partial charge in [0.15, 0.2) is 6.29 Å². The first-order chi connectivity index (χ1) is 22.3. The van der Waals surface area contributed by atoms with Crippen molar-refractivity contribution in [1.29, 1.82) is 0 Å². The summed E-state index contributed by atoms with van der Waals surface area (Å²) in [6.07, 6.45) is 3.65. The molecule has 6 atom stereocenters. The highest BCUT2D eigenvalue weighted by Gasteiger charge is 2.42. The standard InChI is InChI=1S/C24H43N3O5.C7H14O2.2C2H6.C2H4/c1-6-26(7-2)16-22(30)27-12-10-24(11-13-27)17-32-23(31)19(4)21(29)9-8-20(28)14-18(3)15-25(24)5;1-5-3-6(2)9-7(8)4-5;3*1-2/h18-20,28H,6-17H2,1-5H3;5-8H,3-4H2,1-2H3;2*1-2H3;1-2H2/t18-,19-,20+;5-,6+,7+;;;/m10.../s1. The number of aliphatic hydroxyl groups excluding tert-OH is 2. The molecule has 0 aliphatic carbocycles. The molecular formula is C37H73N3O7. The summed E-state index contributed by atoms with van der Waals surface area (Å²) in [4.78, 5) is 44.0. The maximum absolute atomic E-state index is 12.8. The molecule has 3 fully saturated rings. The molecule has 1 spiro atoms. The van der Waals surface area contributed by atoms with Crippen LogP contribution in [-0.4, -0.2) is 120 Å². The van der Waals surface area contributed by atoms with E-state index in [2.05, 4.69) is 50.7 Å². The van der Waals surface area contributed by atoms with Crippen LogP contribution in [0.5, 0.6) is 0 Å². The fourth-order valence-corrected chi connectivity index (χ4v) is 6.24. The van der Waals surface area contributed by atoms with E-state index in [9.17, 15) is 19.5 Å². The molecule has 0 saturated carbocycles. The van der Waals surface area contributed by atoms with Crippen LogP contribution in [-0.2, 0) is 23.9 Å². The van der Waals surface area contributed by atoms with Crippen LogP contribution in [0.2, 0.25) is 0 Å². The van der Waals surface area contributed by atoms with Crippen molar-refractivity contribution in [3.63, 3.8) is 0 Å². The van der Waals surface area contributed by atoms with Crippen molar-refractivity contribution < 1.29 is 34.1 Å². The first-order valence-corrected chi connectivity index (χ1v) is 18.2. The van der Waals surface area contributed by atoms with E-state index in [1.54, 1.807) is 6.92 Å². The molecule has 0 radical (unpaired) electrons. The van der Waals surface area contributed by atoms with Crippen LogP contribution >= 0.6 is 0 Å². The molecule has 0 aromatic rings. The second-order valence-electron chi connectivity index (χ2n) is 12.8. The third-order valence-electron chi connectivity index (χ3n) is 9.14. The third kappa shape index (κ3) is 17.4. The first kappa shape index (κ1) is 47.3. The van der Waals surface area contributed by atoms with E-state index in [0.717, 1.165) is 32.5 Å². The normalized spacial score (nSPS) is 28.5. The number of carbonyl (C=O) groups is 3. The SMILES string of the molecule is C=C.CC.CC.CCN(CC)CC(=O)N1CCC2(CC1)COC(=O)[C@H](C)C(=O)CC[C@H](O)C[C@@H](C)CN2C.C[C@H]1C[C@@H](C)O[C@@H](O)C1. The third-order valence-corrected chi connectivity index (χ3v) is 9.14. The van der Waals surface area contributed by atoms with Gasteiger partial charge in [0.1, 0.15) is 18.3 Å². The van der Waals surface area contributed by atoms with E-state index < -0.39 is 24.3 Å². The summed E-state index contributed by atoms with van der Waals surface area (Å²) in [5.74, 6) is -0.506. The van der Waals surface area contributed by atoms with Crippen molar-refractivity contribution in [2.24, 2.45) is 17.8 Å². The monoisotopic (exact) mass is 672 g/mol. The molecule has 3 aliphatic heterocycles. The van der Waals surface area contributed by atoms with Crippen LogP contribution in [0.15, 0.2) is 13.2 Å². The summed E-state index contributed by atoms with van der Waals surface area (Å²) >= 11 is 0. The maximum atomic E-state index is 12.8. The summed E-state index contributed by atoms with van der Waals surface area (Å²) in [7, 11) is 2.04. The van der Waals surface area contributed by atoms with Crippen molar-refractivity contribution in [1.82, 2.24) is 14.7 Å². The lowest BCUT2D eigenvalue weighted by Gasteiger charge is -2.48. The molecule has 0 aromatic heterocycles. The smallest absolute Gasteiger partial charge is 0.316 e. The Morgan fingerprint density at radius 1 is 0.936 bits per heavy atom. The number of likely N-dealkylation sites (N-methyl/N-ethyl adjacent to an activating group) is 2. The van der Waals surface area contributed by atoms with Crippen molar-refractivity contribution in [2.75, 3.05) is 52.9 Å². The highest BCUT2D eigenvalue weighted by atomic mass is 16.6. The average molecular weight is 672 g/mol. The molecule has 3 aliphatic rings. The molecular weight excluding hydrogens is 598 g/mol. The largest absolute Gasteiger partial charge is 0.463 e. The number of rotatable bonds is 4. The van der Waals surface area contributed by atoms with Gasteiger partial charge in [-0.25, -0.2) is 0 Å². The van der Waals surface area contributed by atoms with E-state index in [1.807, 2.05) is 46.6 Å². The molecule has 10 nitrogen and oxygen atoms in total. The van der Waals surface area contributed by atoms with Crippen LogP contribution in [0.1, 0.15) is 114 Å². The summed E-state index contributed by atoms with van der Waals surface area (Å²) in [6, 6.07) is 0. The molecule has 3 saturated heterocycles. The van der Waals surface area contributed by atoms with Crippen LogP contribution < -0.4 is 0 Å². The summed E-state index contributed by atoms with van der Waals surface area (Å²) in [5, 5.41) is 19.4. The number of esters is 1. The quantitative estimate of drug-likeness (QED) is 0.225. The van der Waals surface area contributed by atoms with Crippen LogP contribution in [0, 0.1) is 17.8 Å². The van der Waals surface area contributed by atoms with Crippen molar-refractivity contribution in [2.45, 2.75) is 138 Å². The molecule has 10 heteroatoms. The Morgan fingerprint density at radius 3 is 1.98 bits per heavy atom. The number of ketones is 1. The number of ether oxygens (including phenoxy) is 2. The summed E-state index contributed by atoms with van der Waals surface area (Å²) in [6.45, 7) is 30.3. The van der Waals surface area contributed by atoms with Crippen molar-refractivity contribution in [3.05, 3.63) is 13.2 Å². The number of likely N-dealkylation sites (tertiary alicyclic amines) is 1. The van der Waals surface area contributed by atoms with Gasteiger partial charge in [0.2, 0.25) is 5.91 Å². The number of carbonyl (C=O) groups excluding carboxylic acids is 3. The first-order valence-electron chi connectivity index (χ1n) is 18.2. The predicted molar refractivity (Wildman–Crippen MR) is 192 cm³/mol. The van der Waals surface area contributed by atoms with Gasteiger partial charge in [-0.1, -0.05) is 55.4 Å². The Labute approximate surface area is 288 Å². The number of hydrogen-bond donors (Lipinski definition) is 2. The van der Waals surface area contributed by atoms with Gasteiger partial charge in [0.25, 0.3) is 0 Å². The van der Waals surface area contributed by atoms with Gasteiger partial charge in [-0.2, -0.15) is 0 Å². The number of amides is 1. The number of Topliss-reactive ketones (excluding diaryl/α,β-unsaturated/α-hetero) is 1. The van der Waals surface area contributed by atoms with E-state index in [1.165, 1.54) is 0 Å². The van der Waals surface area contributed by atoms with Gasteiger partial charge in [0, 0.05) is 32.5 Å². The van der Waals surface area contributed by atoms with Gasteiger partial charge in [-0.15, -0.1) is 13.2 Å². The maximum Gasteiger partial charge on any atom is 0.316 e. The van der Waals surface area contributed by atoms with Gasteiger partial charge >= 0.3 is 5.97 Å². The molecule has 278 valence electrons. The van der Waals surface area contributed by atoms with Gasteiger partial charge < -0.3 is 24.6 Å². The Hall–Kier alpha value is -1.85. The lowest BCUT2D eigenvalue weighted by molar-refractivity contribution is -0.169. The van der Waals surface area contributed by atoms with Crippen molar-refractivity contribution >= 4 is 17.7 Å². The van der Waals surface area contributed by atoms with Gasteiger partial charge in [-0.3, -0.25) is 24.2 Å².